The molecule has 2 rings (SSSR count). The third-order valence-corrected chi connectivity index (χ3v) is 3.20. The van der Waals surface area contributed by atoms with Gasteiger partial charge < -0.3 is 19.9 Å². The van der Waals surface area contributed by atoms with Crippen LogP contribution < -0.4 is 10.1 Å². The first-order valence-electron chi connectivity index (χ1n) is 5.72. The fraction of sp³-hybridized carbons (Fsp3) is 0.583. The standard InChI is InChI=1S/C12H18N2O3/c1-9-12(15,4-6-17-9)8-14-10-3-5-13-11(7-10)16-2/h3,5,7,9,15H,4,6,8H2,1-2H3,(H,13,14). The molecule has 1 fully saturated rings. The maximum atomic E-state index is 10.3. The Morgan fingerprint density at radius 3 is 3.18 bits per heavy atom. The molecule has 0 aliphatic carbocycles. The van der Waals surface area contributed by atoms with E-state index < -0.39 is 5.60 Å². The summed E-state index contributed by atoms with van der Waals surface area (Å²) >= 11 is 0. The van der Waals surface area contributed by atoms with Crippen LogP contribution in [0.3, 0.4) is 0 Å². The van der Waals surface area contributed by atoms with Crippen molar-refractivity contribution in [2.75, 3.05) is 25.6 Å². The predicted molar refractivity (Wildman–Crippen MR) is 64.3 cm³/mol. The van der Waals surface area contributed by atoms with E-state index >= 15 is 0 Å². The molecule has 0 saturated carbocycles. The van der Waals surface area contributed by atoms with E-state index in [1.165, 1.54) is 0 Å². The van der Waals surface area contributed by atoms with Crippen molar-refractivity contribution in [1.82, 2.24) is 4.98 Å². The van der Waals surface area contributed by atoms with Crippen LogP contribution in [0.1, 0.15) is 13.3 Å². The minimum atomic E-state index is -0.795. The number of nitrogens with one attached hydrogen (secondary N) is 1. The van der Waals surface area contributed by atoms with E-state index in [1.807, 2.05) is 13.0 Å². The number of aliphatic hydroxyl groups is 1. The number of pyridine rings is 1. The number of hydrogen-bond donors (Lipinski definition) is 2. The maximum absolute atomic E-state index is 10.3. The lowest BCUT2D eigenvalue weighted by Gasteiger charge is -2.26. The quantitative estimate of drug-likeness (QED) is 0.820. The second-order valence-electron chi connectivity index (χ2n) is 4.31. The van der Waals surface area contributed by atoms with Gasteiger partial charge in [0, 0.05) is 37.5 Å². The molecule has 2 atom stereocenters. The molecular weight excluding hydrogens is 220 g/mol. The van der Waals surface area contributed by atoms with Gasteiger partial charge in [0.2, 0.25) is 5.88 Å². The second kappa shape index (κ2) is 4.89. The molecule has 5 heteroatoms. The second-order valence-corrected chi connectivity index (χ2v) is 4.31. The van der Waals surface area contributed by atoms with Crippen molar-refractivity contribution < 1.29 is 14.6 Å². The van der Waals surface area contributed by atoms with E-state index in [0.29, 0.717) is 25.5 Å². The SMILES string of the molecule is COc1cc(NCC2(O)CCOC2C)ccn1. The smallest absolute Gasteiger partial charge is 0.214 e. The third-order valence-electron chi connectivity index (χ3n) is 3.20. The molecule has 0 bridgehead atoms. The minimum absolute atomic E-state index is 0.140. The molecular formula is C12H18N2O3. The van der Waals surface area contributed by atoms with E-state index in [-0.39, 0.29) is 6.10 Å². The number of rotatable bonds is 4. The molecule has 1 saturated heterocycles. The maximum Gasteiger partial charge on any atom is 0.214 e. The first-order chi connectivity index (χ1) is 8.14. The third kappa shape index (κ3) is 2.68. The molecule has 2 unspecified atom stereocenters. The molecule has 0 aromatic carbocycles. The van der Waals surface area contributed by atoms with Gasteiger partial charge in [0.1, 0.15) is 5.60 Å². The molecule has 0 radical (unpaired) electrons. The van der Waals surface area contributed by atoms with Crippen LogP contribution in [0, 0.1) is 0 Å². The minimum Gasteiger partial charge on any atom is -0.481 e. The molecule has 5 nitrogen and oxygen atoms in total. The van der Waals surface area contributed by atoms with Crippen LogP contribution in [0.5, 0.6) is 5.88 Å². The van der Waals surface area contributed by atoms with Gasteiger partial charge in [-0.1, -0.05) is 0 Å². The average Bonchev–Trinajstić information content (AvgIpc) is 2.68. The van der Waals surface area contributed by atoms with E-state index in [4.69, 9.17) is 9.47 Å². The zero-order valence-corrected chi connectivity index (χ0v) is 10.1. The van der Waals surface area contributed by atoms with Crippen LogP contribution >= 0.6 is 0 Å². The molecule has 1 aliphatic rings. The van der Waals surface area contributed by atoms with Crippen molar-refractivity contribution in [3.8, 4) is 5.88 Å². The van der Waals surface area contributed by atoms with E-state index in [1.54, 1.807) is 19.4 Å². The number of anilines is 1. The van der Waals surface area contributed by atoms with Gasteiger partial charge in [-0.15, -0.1) is 0 Å². The molecule has 1 aromatic rings. The Morgan fingerprint density at radius 1 is 1.71 bits per heavy atom. The number of ether oxygens (including phenoxy) is 2. The van der Waals surface area contributed by atoms with Gasteiger partial charge >= 0.3 is 0 Å². The summed E-state index contributed by atoms with van der Waals surface area (Å²) in [5, 5.41) is 13.5. The number of nitrogens with zero attached hydrogens (tertiary/aromatic N) is 1. The summed E-state index contributed by atoms with van der Waals surface area (Å²) in [5.74, 6) is 0.553. The molecule has 1 aromatic heterocycles. The van der Waals surface area contributed by atoms with Crippen molar-refractivity contribution in [3.63, 3.8) is 0 Å². The highest BCUT2D eigenvalue weighted by molar-refractivity contribution is 5.45. The van der Waals surface area contributed by atoms with Crippen LogP contribution in [-0.2, 0) is 4.74 Å². The van der Waals surface area contributed by atoms with E-state index in [9.17, 15) is 5.11 Å². The normalized spacial score (nSPS) is 28.1. The van der Waals surface area contributed by atoms with Crippen LogP contribution in [0.25, 0.3) is 0 Å². The molecule has 1 aliphatic heterocycles. The Hall–Kier alpha value is -1.33. The largest absolute Gasteiger partial charge is 0.481 e. The summed E-state index contributed by atoms with van der Waals surface area (Å²) in [5.41, 5.74) is 0.0839. The van der Waals surface area contributed by atoms with Crippen molar-refractivity contribution in [2.45, 2.75) is 25.0 Å². The Balaban J connectivity index is 1.97. The lowest BCUT2D eigenvalue weighted by atomic mass is 9.97. The van der Waals surface area contributed by atoms with Crippen molar-refractivity contribution in [1.29, 1.82) is 0 Å². The Labute approximate surface area is 101 Å². The first kappa shape index (κ1) is 12.1. The average molecular weight is 238 g/mol. The zero-order valence-electron chi connectivity index (χ0n) is 10.1. The summed E-state index contributed by atoms with van der Waals surface area (Å²) in [6.45, 7) is 2.96. The number of aromatic nitrogens is 1. The van der Waals surface area contributed by atoms with Crippen molar-refractivity contribution in [3.05, 3.63) is 18.3 Å². The number of hydrogen-bond acceptors (Lipinski definition) is 5. The molecule has 17 heavy (non-hydrogen) atoms. The van der Waals surface area contributed by atoms with Crippen LogP contribution in [0.4, 0.5) is 5.69 Å². The zero-order chi connectivity index (χ0) is 12.3. The highest BCUT2D eigenvalue weighted by atomic mass is 16.5. The topological polar surface area (TPSA) is 63.6 Å². The summed E-state index contributed by atoms with van der Waals surface area (Å²) in [4.78, 5) is 4.02. The highest BCUT2D eigenvalue weighted by Gasteiger charge is 2.39. The van der Waals surface area contributed by atoms with Gasteiger partial charge in [0.15, 0.2) is 0 Å². The molecule has 94 valence electrons. The predicted octanol–water partition coefficient (Wildman–Crippen LogP) is 1.04. The van der Waals surface area contributed by atoms with Gasteiger partial charge in [-0.3, -0.25) is 0 Å². The van der Waals surface area contributed by atoms with Crippen LogP contribution in [0.15, 0.2) is 18.3 Å². The van der Waals surface area contributed by atoms with Crippen LogP contribution in [-0.4, -0.2) is 42.1 Å². The molecule has 0 spiro atoms. The highest BCUT2D eigenvalue weighted by Crippen LogP contribution is 2.26. The van der Waals surface area contributed by atoms with Gasteiger partial charge in [0.25, 0.3) is 0 Å². The summed E-state index contributed by atoms with van der Waals surface area (Å²) < 4.78 is 10.4. The van der Waals surface area contributed by atoms with Crippen molar-refractivity contribution in [2.24, 2.45) is 0 Å². The van der Waals surface area contributed by atoms with Gasteiger partial charge in [-0.2, -0.15) is 0 Å². The number of methoxy groups -OCH3 is 1. The van der Waals surface area contributed by atoms with Gasteiger partial charge in [-0.25, -0.2) is 4.98 Å². The van der Waals surface area contributed by atoms with E-state index in [0.717, 1.165) is 5.69 Å². The molecule has 2 N–H and O–H groups in total. The van der Waals surface area contributed by atoms with E-state index in [2.05, 4.69) is 10.3 Å². The Morgan fingerprint density at radius 2 is 2.53 bits per heavy atom. The lowest BCUT2D eigenvalue weighted by Crippen LogP contribution is -2.43. The Bertz CT molecular complexity index is 386. The molecule has 0 amide bonds. The fourth-order valence-corrected chi connectivity index (χ4v) is 1.89. The van der Waals surface area contributed by atoms with Gasteiger partial charge in [0.05, 0.1) is 13.2 Å². The first-order valence-corrected chi connectivity index (χ1v) is 5.72. The monoisotopic (exact) mass is 238 g/mol. The summed E-state index contributed by atoms with van der Waals surface area (Å²) in [6.07, 6.45) is 2.18. The van der Waals surface area contributed by atoms with Gasteiger partial charge in [-0.05, 0) is 13.0 Å². The fourth-order valence-electron chi connectivity index (χ4n) is 1.89. The Kier molecular flexibility index (Phi) is 3.49. The lowest BCUT2D eigenvalue weighted by molar-refractivity contribution is -0.0175. The van der Waals surface area contributed by atoms with Crippen LogP contribution in [0.2, 0.25) is 0 Å². The summed E-state index contributed by atoms with van der Waals surface area (Å²) in [6, 6.07) is 3.64. The molecule has 2 heterocycles. The van der Waals surface area contributed by atoms with Crippen molar-refractivity contribution >= 4 is 5.69 Å². The summed E-state index contributed by atoms with van der Waals surface area (Å²) in [7, 11) is 1.58.